The van der Waals surface area contributed by atoms with Crippen LogP contribution in [0.4, 0.5) is 0 Å². The fourth-order valence-electron chi connectivity index (χ4n) is 3.27. The molecule has 176 valence electrons. The average molecular weight is 472 g/mol. The standard InChI is InChI=1S/C24H29N3O5S/c1-17-13-25-24(26-14-17)23(28)18(2)33(29,30)27(15-19-5-9-21(31-3)10-6-19)16-20-7-11-22(32-4)12-8-20/h5-14,18,23,28H,15-16H2,1-4H3. The molecule has 0 radical (unpaired) electrons. The molecule has 1 heterocycles. The van der Waals surface area contributed by atoms with Gasteiger partial charge >= 0.3 is 0 Å². The molecule has 3 aromatic rings. The van der Waals surface area contributed by atoms with E-state index < -0.39 is 21.4 Å². The molecule has 1 aromatic heterocycles. The number of hydrogen-bond donors (Lipinski definition) is 1. The Hall–Kier alpha value is -3.01. The molecule has 0 aliphatic rings. The van der Waals surface area contributed by atoms with Crippen molar-refractivity contribution in [3.8, 4) is 11.5 Å². The number of benzene rings is 2. The first-order chi connectivity index (χ1) is 15.7. The van der Waals surface area contributed by atoms with Crippen molar-refractivity contribution >= 4 is 10.0 Å². The molecular formula is C24H29N3O5S. The normalized spacial score (nSPS) is 13.5. The summed E-state index contributed by atoms with van der Waals surface area (Å²) in [6.45, 7) is 3.55. The van der Waals surface area contributed by atoms with Crippen molar-refractivity contribution in [2.75, 3.05) is 14.2 Å². The van der Waals surface area contributed by atoms with Crippen molar-refractivity contribution < 1.29 is 23.0 Å². The Morgan fingerprint density at radius 2 is 1.30 bits per heavy atom. The highest BCUT2D eigenvalue weighted by Gasteiger charge is 2.36. The topological polar surface area (TPSA) is 102 Å². The van der Waals surface area contributed by atoms with Crippen LogP contribution in [-0.2, 0) is 23.1 Å². The third kappa shape index (κ3) is 6.07. The summed E-state index contributed by atoms with van der Waals surface area (Å²) in [6.07, 6.45) is 1.74. The Morgan fingerprint density at radius 3 is 1.70 bits per heavy atom. The highest BCUT2D eigenvalue weighted by Crippen LogP contribution is 2.26. The summed E-state index contributed by atoms with van der Waals surface area (Å²) >= 11 is 0. The van der Waals surface area contributed by atoms with Gasteiger partial charge in [0.2, 0.25) is 10.0 Å². The number of ether oxygens (including phenoxy) is 2. The number of aryl methyl sites for hydroxylation is 1. The quantitative estimate of drug-likeness (QED) is 0.484. The first kappa shape index (κ1) is 24.6. The zero-order valence-corrected chi connectivity index (χ0v) is 20.0. The summed E-state index contributed by atoms with van der Waals surface area (Å²) in [5, 5.41) is 9.61. The van der Waals surface area contributed by atoms with Gasteiger partial charge in [-0.25, -0.2) is 18.4 Å². The molecule has 0 amide bonds. The first-order valence-electron chi connectivity index (χ1n) is 10.5. The lowest BCUT2D eigenvalue weighted by atomic mass is 10.2. The van der Waals surface area contributed by atoms with Crippen LogP contribution in [0.5, 0.6) is 11.5 Å². The largest absolute Gasteiger partial charge is 0.497 e. The lowest BCUT2D eigenvalue weighted by molar-refractivity contribution is 0.162. The van der Waals surface area contributed by atoms with Crippen LogP contribution < -0.4 is 9.47 Å². The zero-order chi connectivity index (χ0) is 24.0. The van der Waals surface area contributed by atoms with E-state index in [0.29, 0.717) is 11.5 Å². The molecule has 0 saturated carbocycles. The molecule has 0 bridgehead atoms. The van der Waals surface area contributed by atoms with Crippen LogP contribution >= 0.6 is 0 Å². The van der Waals surface area contributed by atoms with Gasteiger partial charge in [0.25, 0.3) is 0 Å². The molecule has 33 heavy (non-hydrogen) atoms. The molecule has 0 spiro atoms. The number of nitrogens with zero attached hydrogens (tertiary/aromatic N) is 3. The number of rotatable bonds is 10. The molecule has 9 heteroatoms. The maximum atomic E-state index is 13.6. The summed E-state index contributed by atoms with van der Waals surface area (Å²) in [7, 11) is -0.795. The van der Waals surface area contributed by atoms with Gasteiger partial charge in [-0.05, 0) is 54.8 Å². The van der Waals surface area contributed by atoms with Gasteiger partial charge in [-0.3, -0.25) is 0 Å². The van der Waals surface area contributed by atoms with Gasteiger partial charge in [-0.15, -0.1) is 0 Å². The maximum Gasteiger partial charge on any atom is 0.220 e. The number of sulfonamides is 1. The Bertz CT molecular complexity index is 1080. The molecule has 3 rings (SSSR count). The number of aliphatic hydroxyl groups is 1. The Morgan fingerprint density at radius 1 is 0.879 bits per heavy atom. The number of aliphatic hydroxyl groups excluding tert-OH is 1. The summed E-state index contributed by atoms with van der Waals surface area (Å²) in [5.41, 5.74) is 2.41. The minimum Gasteiger partial charge on any atom is -0.497 e. The van der Waals surface area contributed by atoms with Gasteiger partial charge in [-0.2, -0.15) is 4.31 Å². The molecule has 0 aliphatic heterocycles. The molecule has 2 atom stereocenters. The molecule has 1 N–H and O–H groups in total. The van der Waals surface area contributed by atoms with Crippen molar-refractivity contribution in [1.29, 1.82) is 0 Å². The molecule has 0 aliphatic carbocycles. The predicted octanol–water partition coefficient (Wildman–Crippen LogP) is 3.26. The third-order valence-corrected chi connectivity index (χ3v) is 7.55. The molecule has 2 aromatic carbocycles. The summed E-state index contributed by atoms with van der Waals surface area (Å²) in [4.78, 5) is 8.21. The number of aromatic nitrogens is 2. The van der Waals surface area contributed by atoms with E-state index in [1.165, 1.54) is 11.2 Å². The molecular weight excluding hydrogens is 442 g/mol. The van der Waals surface area contributed by atoms with Crippen LogP contribution in [0.3, 0.4) is 0 Å². The predicted molar refractivity (Wildman–Crippen MR) is 125 cm³/mol. The Labute approximate surface area is 194 Å². The molecule has 8 nitrogen and oxygen atoms in total. The van der Waals surface area contributed by atoms with E-state index in [2.05, 4.69) is 9.97 Å². The Balaban J connectivity index is 1.91. The van der Waals surface area contributed by atoms with Gasteiger partial charge < -0.3 is 14.6 Å². The van der Waals surface area contributed by atoms with Gasteiger partial charge in [0.15, 0.2) is 5.82 Å². The average Bonchev–Trinajstić information content (AvgIpc) is 2.84. The minimum absolute atomic E-state index is 0.0746. The van der Waals surface area contributed by atoms with Crippen molar-refractivity contribution in [3.63, 3.8) is 0 Å². The van der Waals surface area contributed by atoms with E-state index in [0.717, 1.165) is 16.7 Å². The van der Waals surface area contributed by atoms with Crippen LogP contribution in [0, 0.1) is 6.92 Å². The second kappa shape index (κ2) is 10.7. The van der Waals surface area contributed by atoms with Gasteiger partial charge in [0.05, 0.1) is 14.2 Å². The minimum atomic E-state index is -3.95. The van der Waals surface area contributed by atoms with E-state index in [4.69, 9.17) is 9.47 Å². The molecule has 2 unspecified atom stereocenters. The van der Waals surface area contributed by atoms with Crippen molar-refractivity contribution in [2.45, 2.75) is 38.3 Å². The lowest BCUT2D eigenvalue weighted by Gasteiger charge is -2.28. The zero-order valence-electron chi connectivity index (χ0n) is 19.2. The van der Waals surface area contributed by atoms with Crippen LogP contribution in [0.15, 0.2) is 60.9 Å². The van der Waals surface area contributed by atoms with Crippen LogP contribution in [0.2, 0.25) is 0 Å². The summed E-state index contributed by atoms with van der Waals surface area (Å²) in [5.74, 6) is 1.44. The van der Waals surface area contributed by atoms with E-state index in [9.17, 15) is 13.5 Å². The van der Waals surface area contributed by atoms with Crippen molar-refractivity contribution in [1.82, 2.24) is 14.3 Å². The van der Waals surface area contributed by atoms with Crippen molar-refractivity contribution in [2.24, 2.45) is 0 Å². The summed E-state index contributed by atoms with van der Waals surface area (Å²) < 4.78 is 39.0. The second-order valence-electron chi connectivity index (χ2n) is 7.78. The number of methoxy groups -OCH3 is 2. The highest BCUT2D eigenvalue weighted by molar-refractivity contribution is 7.89. The van der Waals surface area contributed by atoms with Crippen LogP contribution in [0.25, 0.3) is 0 Å². The highest BCUT2D eigenvalue weighted by atomic mass is 32.2. The fourth-order valence-corrected chi connectivity index (χ4v) is 4.84. The third-order valence-electron chi connectivity index (χ3n) is 5.38. The Kier molecular flexibility index (Phi) is 8.01. The lowest BCUT2D eigenvalue weighted by Crippen LogP contribution is -2.40. The van der Waals surface area contributed by atoms with Crippen LogP contribution in [-0.4, -0.2) is 47.3 Å². The smallest absolute Gasteiger partial charge is 0.220 e. The molecule has 0 fully saturated rings. The van der Waals surface area contributed by atoms with Crippen LogP contribution in [0.1, 0.15) is 35.5 Å². The van der Waals surface area contributed by atoms with E-state index in [-0.39, 0.29) is 18.9 Å². The first-order valence-corrected chi connectivity index (χ1v) is 12.0. The van der Waals surface area contributed by atoms with Gasteiger partial charge in [0.1, 0.15) is 22.9 Å². The second-order valence-corrected chi connectivity index (χ2v) is 10.1. The van der Waals surface area contributed by atoms with E-state index >= 15 is 0 Å². The van der Waals surface area contributed by atoms with E-state index in [1.807, 2.05) is 31.2 Å². The van der Waals surface area contributed by atoms with Crippen molar-refractivity contribution in [3.05, 3.63) is 83.4 Å². The van der Waals surface area contributed by atoms with Gasteiger partial charge in [0, 0.05) is 25.5 Å². The number of hydrogen-bond acceptors (Lipinski definition) is 7. The molecule has 0 saturated heterocycles. The van der Waals surface area contributed by atoms with Gasteiger partial charge in [-0.1, -0.05) is 24.3 Å². The summed E-state index contributed by atoms with van der Waals surface area (Å²) in [6, 6.07) is 14.4. The monoisotopic (exact) mass is 471 g/mol. The van der Waals surface area contributed by atoms with E-state index in [1.54, 1.807) is 50.9 Å². The maximum absolute atomic E-state index is 13.6. The SMILES string of the molecule is COc1ccc(CN(Cc2ccc(OC)cc2)S(=O)(=O)C(C)C(O)c2ncc(C)cn2)cc1. The fraction of sp³-hybridized carbons (Fsp3) is 0.333.